The number of nitrogens with one attached hydrogen (secondary N) is 1. The van der Waals surface area contributed by atoms with Crippen LogP contribution < -0.4 is 5.32 Å². The number of fused-ring (bicyclic) bond motifs is 5. The summed E-state index contributed by atoms with van der Waals surface area (Å²) in [5.41, 5.74) is 1.17. The molecule has 0 aromatic heterocycles. The topological polar surface area (TPSA) is 78.9 Å². The largest absolute Gasteiger partial charge is 0.460 e. The van der Waals surface area contributed by atoms with Crippen LogP contribution in [0.25, 0.3) is 0 Å². The van der Waals surface area contributed by atoms with Gasteiger partial charge in [-0.3, -0.25) is 9.59 Å². The molecule has 1 unspecified atom stereocenters. The van der Waals surface area contributed by atoms with Crippen LogP contribution in [0.15, 0.2) is 11.6 Å². The highest BCUT2D eigenvalue weighted by atomic mass is 16.5. The summed E-state index contributed by atoms with van der Waals surface area (Å²) in [6.45, 7) is 12.5. The SMILES string of the molecule is CC(=O)O[C@H]1[C@@H](NC(=O)C=C(C)C)[C@H](O)C[C@]2(C)[C@H]3CC[C@]4(C)[C@@H](C(C)N(C)C)CC[C@H]4[C@@H]3CC[C@@H]12. The maximum atomic E-state index is 12.6. The molecule has 0 spiro atoms. The Morgan fingerprint density at radius 1 is 1.00 bits per heavy atom. The summed E-state index contributed by atoms with van der Waals surface area (Å²) in [6.07, 6.45) is 8.13. The minimum Gasteiger partial charge on any atom is -0.460 e. The Labute approximate surface area is 218 Å². The van der Waals surface area contributed by atoms with E-state index in [9.17, 15) is 14.7 Å². The van der Waals surface area contributed by atoms with Crippen LogP contribution in [0, 0.1) is 40.4 Å². The maximum Gasteiger partial charge on any atom is 0.302 e. The van der Waals surface area contributed by atoms with Crippen molar-refractivity contribution in [1.82, 2.24) is 10.2 Å². The minimum atomic E-state index is -0.734. The van der Waals surface area contributed by atoms with E-state index >= 15 is 0 Å². The average molecular weight is 503 g/mol. The number of nitrogens with zero attached hydrogens (tertiary/aromatic N) is 1. The zero-order chi connectivity index (χ0) is 26.6. The highest BCUT2D eigenvalue weighted by Crippen LogP contribution is 2.68. The second kappa shape index (κ2) is 10.1. The molecule has 0 aromatic rings. The Balaban J connectivity index is 1.61. The number of amides is 1. The van der Waals surface area contributed by atoms with E-state index in [-0.39, 0.29) is 23.2 Å². The molecule has 4 aliphatic carbocycles. The summed E-state index contributed by atoms with van der Waals surface area (Å²) in [6, 6.07) is 0.00999. The number of hydrogen-bond donors (Lipinski definition) is 2. The van der Waals surface area contributed by atoms with Gasteiger partial charge in [0.2, 0.25) is 5.91 Å². The van der Waals surface area contributed by atoms with Crippen LogP contribution in [-0.2, 0) is 14.3 Å². The first-order valence-electron chi connectivity index (χ1n) is 14.3. The monoisotopic (exact) mass is 502 g/mol. The van der Waals surface area contributed by atoms with Crippen molar-refractivity contribution >= 4 is 11.9 Å². The fraction of sp³-hybridized carbons (Fsp3) is 0.867. The van der Waals surface area contributed by atoms with Gasteiger partial charge in [-0.25, -0.2) is 0 Å². The third-order valence-corrected chi connectivity index (χ3v) is 11.3. The average Bonchev–Trinajstić information content (AvgIpc) is 3.11. The van der Waals surface area contributed by atoms with Gasteiger partial charge in [-0.15, -0.1) is 0 Å². The van der Waals surface area contributed by atoms with Gasteiger partial charge in [0.1, 0.15) is 6.10 Å². The summed E-state index contributed by atoms with van der Waals surface area (Å²) in [4.78, 5) is 27.2. The quantitative estimate of drug-likeness (QED) is 0.426. The van der Waals surface area contributed by atoms with Crippen molar-refractivity contribution in [2.24, 2.45) is 40.4 Å². The molecule has 0 heterocycles. The summed E-state index contributed by atoms with van der Waals surface area (Å²) in [5.74, 6) is 2.20. The zero-order valence-corrected chi connectivity index (χ0v) is 23.8. The molecule has 0 radical (unpaired) electrons. The maximum absolute atomic E-state index is 12.6. The molecule has 2 N–H and O–H groups in total. The zero-order valence-electron chi connectivity index (χ0n) is 23.8. The molecule has 204 valence electrons. The molecule has 36 heavy (non-hydrogen) atoms. The normalized spacial score (nSPS) is 44.6. The molecule has 4 fully saturated rings. The third kappa shape index (κ3) is 4.66. The van der Waals surface area contributed by atoms with Crippen molar-refractivity contribution in [1.29, 1.82) is 0 Å². The molecule has 11 atom stereocenters. The lowest BCUT2D eigenvalue weighted by molar-refractivity contribution is -0.196. The van der Waals surface area contributed by atoms with Gasteiger partial charge < -0.3 is 20.1 Å². The second-order valence-corrected chi connectivity index (χ2v) is 13.6. The second-order valence-electron chi connectivity index (χ2n) is 13.6. The van der Waals surface area contributed by atoms with Crippen LogP contribution in [0.3, 0.4) is 0 Å². The Morgan fingerprint density at radius 3 is 2.25 bits per heavy atom. The summed E-state index contributed by atoms with van der Waals surface area (Å²) < 4.78 is 5.94. The van der Waals surface area contributed by atoms with Gasteiger partial charge in [-0.1, -0.05) is 19.4 Å². The lowest BCUT2D eigenvalue weighted by atomic mass is 9.43. The van der Waals surface area contributed by atoms with Gasteiger partial charge in [0.15, 0.2) is 0 Å². The molecule has 0 bridgehead atoms. The molecule has 6 nitrogen and oxygen atoms in total. The number of esters is 1. The molecule has 1 amide bonds. The van der Waals surface area contributed by atoms with E-state index in [4.69, 9.17) is 4.74 Å². The smallest absolute Gasteiger partial charge is 0.302 e. The molecule has 4 saturated carbocycles. The van der Waals surface area contributed by atoms with Crippen LogP contribution in [0.4, 0.5) is 0 Å². The van der Waals surface area contributed by atoms with E-state index < -0.39 is 18.2 Å². The number of allylic oxidation sites excluding steroid dienone is 1. The molecule has 0 aliphatic heterocycles. The number of rotatable bonds is 5. The van der Waals surface area contributed by atoms with Crippen molar-refractivity contribution in [3.63, 3.8) is 0 Å². The Bertz CT molecular complexity index is 882. The van der Waals surface area contributed by atoms with Gasteiger partial charge in [0, 0.05) is 25.0 Å². The Morgan fingerprint density at radius 2 is 1.64 bits per heavy atom. The fourth-order valence-corrected chi connectivity index (χ4v) is 9.56. The lowest BCUT2D eigenvalue weighted by Gasteiger charge is -2.63. The van der Waals surface area contributed by atoms with Crippen LogP contribution in [-0.4, -0.2) is 60.3 Å². The van der Waals surface area contributed by atoms with E-state index in [1.54, 1.807) is 6.08 Å². The molecule has 6 heteroatoms. The number of aliphatic hydroxyl groups is 1. The summed E-state index contributed by atoms with van der Waals surface area (Å²) >= 11 is 0. The van der Waals surface area contributed by atoms with Crippen LogP contribution in [0.2, 0.25) is 0 Å². The summed E-state index contributed by atoms with van der Waals surface area (Å²) in [7, 11) is 4.43. The highest BCUT2D eigenvalue weighted by Gasteiger charge is 2.64. The molecule has 4 rings (SSSR count). The van der Waals surface area contributed by atoms with Gasteiger partial charge >= 0.3 is 5.97 Å². The fourth-order valence-electron chi connectivity index (χ4n) is 9.56. The number of hydrogen-bond acceptors (Lipinski definition) is 5. The van der Waals surface area contributed by atoms with Gasteiger partial charge in [-0.05, 0) is 114 Å². The first-order valence-corrected chi connectivity index (χ1v) is 14.3. The molecular weight excluding hydrogens is 452 g/mol. The van der Waals surface area contributed by atoms with E-state index in [0.29, 0.717) is 29.7 Å². The molecule has 0 saturated heterocycles. The van der Waals surface area contributed by atoms with Gasteiger partial charge in [0.25, 0.3) is 0 Å². The van der Waals surface area contributed by atoms with E-state index in [1.165, 1.54) is 32.6 Å². The van der Waals surface area contributed by atoms with Crippen molar-refractivity contribution in [3.05, 3.63) is 11.6 Å². The van der Waals surface area contributed by atoms with Crippen molar-refractivity contribution in [2.75, 3.05) is 14.1 Å². The lowest BCUT2D eigenvalue weighted by Crippen LogP contribution is -2.66. The minimum absolute atomic E-state index is 0.104. The summed E-state index contributed by atoms with van der Waals surface area (Å²) in [5, 5.41) is 14.4. The van der Waals surface area contributed by atoms with E-state index in [1.807, 2.05) is 13.8 Å². The molecule has 4 aliphatic rings. The first kappa shape index (κ1) is 27.6. The predicted octanol–water partition coefficient (Wildman–Crippen LogP) is 4.56. The van der Waals surface area contributed by atoms with Crippen molar-refractivity contribution in [3.8, 4) is 0 Å². The predicted molar refractivity (Wildman–Crippen MR) is 142 cm³/mol. The van der Waals surface area contributed by atoms with Gasteiger partial charge in [0.05, 0.1) is 12.1 Å². The molecular formula is C30H50N2O4. The number of carbonyl (C=O) groups is 2. The van der Waals surface area contributed by atoms with E-state index in [2.05, 4.69) is 45.1 Å². The number of aliphatic hydroxyl groups excluding tert-OH is 1. The first-order chi connectivity index (χ1) is 16.8. The standard InChI is InChI=1S/C30H50N2O4/c1-17(2)15-26(35)31-27-25(34)16-30(6)23-13-14-29(5)21(18(3)32(7)8)11-12-22(29)20(23)9-10-24(30)28(27)36-19(4)33/h15,18,20-25,27-28,34H,9-14,16H2,1-8H3,(H,31,35)/t18?,20-,21+,22-,23-,24-,25+,27-,28+,29+,30+/m0/s1. The Hall–Kier alpha value is -1.40. The number of ether oxygens (including phenoxy) is 1. The van der Waals surface area contributed by atoms with Crippen molar-refractivity contribution < 1.29 is 19.4 Å². The highest BCUT2D eigenvalue weighted by molar-refractivity contribution is 5.88. The molecule has 0 aromatic carbocycles. The third-order valence-electron chi connectivity index (χ3n) is 11.3. The Kier molecular flexibility index (Phi) is 7.72. The van der Waals surface area contributed by atoms with Crippen molar-refractivity contribution in [2.45, 2.75) is 111 Å². The number of carbonyl (C=O) groups excluding carboxylic acids is 2. The van der Waals surface area contributed by atoms with Crippen LogP contribution >= 0.6 is 0 Å². The van der Waals surface area contributed by atoms with Crippen LogP contribution in [0.5, 0.6) is 0 Å². The van der Waals surface area contributed by atoms with Gasteiger partial charge in [-0.2, -0.15) is 0 Å². The van der Waals surface area contributed by atoms with Crippen LogP contribution in [0.1, 0.15) is 86.5 Å². The van der Waals surface area contributed by atoms with E-state index in [0.717, 1.165) is 30.3 Å².